The van der Waals surface area contributed by atoms with Crippen LogP contribution in [0.4, 0.5) is 0 Å². The molecule has 0 saturated heterocycles. The summed E-state index contributed by atoms with van der Waals surface area (Å²) in [7, 11) is 0. The lowest BCUT2D eigenvalue weighted by atomic mass is 9.95. The van der Waals surface area contributed by atoms with Crippen LogP contribution in [0.1, 0.15) is 22.3 Å². The first-order valence-corrected chi connectivity index (χ1v) is 12.0. The second-order valence-electron chi connectivity index (χ2n) is 9.66. The van der Waals surface area contributed by atoms with Crippen LogP contribution in [-0.2, 0) is 12.8 Å². The van der Waals surface area contributed by atoms with Crippen LogP contribution >= 0.6 is 0 Å². The third-order valence-electron chi connectivity index (χ3n) is 7.99. The Morgan fingerprint density at radius 2 is 1.51 bits per heavy atom. The highest BCUT2D eigenvalue weighted by molar-refractivity contribution is 6.13. The van der Waals surface area contributed by atoms with Gasteiger partial charge in [-0.15, -0.1) is 0 Å². The number of imidazole rings is 1. The number of fused-ring (bicyclic) bond motifs is 16. The van der Waals surface area contributed by atoms with Gasteiger partial charge in [0, 0.05) is 41.2 Å². The number of pyridine rings is 3. The predicted octanol–water partition coefficient (Wildman–Crippen LogP) is 6.73. The molecule has 0 unspecified atom stereocenters. The van der Waals surface area contributed by atoms with Crippen LogP contribution < -0.4 is 0 Å². The van der Waals surface area contributed by atoms with E-state index in [9.17, 15) is 0 Å². The zero-order valence-electron chi connectivity index (χ0n) is 18.8. The van der Waals surface area contributed by atoms with Crippen LogP contribution in [0.2, 0.25) is 0 Å². The van der Waals surface area contributed by atoms with Crippen molar-refractivity contribution in [3.8, 4) is 22.3 Å². The van der Waals surface area contributed by atoms with Crippen molar-refractivity contribution in [2.45, 2.75) is 12.8 Å². The number of hydrogen-bond donors (Lipinski definition) is 0. The molecule has 0 aliphatic heterocycles. The van der Waals surface area contributed by atoms with Gasteiger partial charge < -0.3 is 0 Å². The van der Waals surface area contributed by atoms with Crippen LogP contribution in [0, 0.1) is 0 Å². The van der Waals surface area contributed by atoms with Crippen LogP contribution in [0.3, 0.4) is 0 Å². The second-order valence-corrected chi connectivity index (χ2v) is 9.66. The highest BCUT2D eigenvalue weighted by Gasteiger charge is 2.30. The Hall–Kier alpha value is -4.57. The lowest BCUT2D eigenvalue weighted by Crippen LogP contribution is -1.94. The molecule has 0 N–H and O–H groups in total. The Morgan fingerprint density at radius 1 is 0.629 bits per heavy atom. The zero-order chi connectivity index (χ0) is 22.7. The van der Waals surface area contributed by atoms with Crippen molar-refractivity contribution in [1.29, 1.82) is 0 Å². The van der Waals surface area contributed by atoms with E-state index in [0.717, 1.165) is 51.3 Å². The van der Waals surface area contributed by atoms with E-state index in [0.29, 0.717) is 0 Å². The maximum atomic E-state index is 5.28. The van der Waals surface area contributed by atoms with Gasteiger partial charge in [0.05, 0.1) is 11.0 Å². The van der Waals surface area contributed by atoms with Gasteiger partial charge in [-0.2, -0.15) is 0 Å². The molecule has 9 rings (SSSR count). The second kappa shape index (κ2) is 6.10. The number of hydrogen-bond acceptors (Lipinski definition) is 3. The van der Waals surface area contributed by atoms with E-state index in [1.807, 2.05) is 24.7 Å². The summed E-state index contributed by atoms with van der Waals surface area (Å²) in [5.41, 5.74) is 15.2. The lowest BCUT2D eigenvalue weighted by molar-refractivity contribution is 1.23. The number of aromatic nitrogens is 4. The molecule has 0 amide bonds. The summed E-state index contributed by atoms with van der Waals surface area (Å²) in [4.78, 5) is 14.5. The standard InChI is InChI=1S/C31H18N4/c1-2-5-19-17(4-1)14-18-7-8-20-21-9-10-27-29(25(21)15-24(20)28(18)19)34-31-23-11-13-32-16-26(23)22-6-3-12-33-30(22)35(27)31/h1-13,16H,14-15H2. The Labute approximate surface area is 200 Å². The molecule has 0 atom stereocenters. The Bertz CT molecular complexity index is 2070. The third-order valence-corrected chi connectivity index (χ3v) is 7.99. The summed E-state index contributed by atoms with van der Waals surface area (Å²) >= 11 is 0. The largest absolute Gasteiger partial charge is 0.276 e. The first kappa shape index (κ1) is 17.8. The third kappa shape index (κ3) is 2.11. The van der Waals surface area contributed by atoms with Gasteiger partial charge in [0.1, 0.15) is 11.3 Å². The predicted molar refractivity (Wildman–Crippen MR) is 140 cm³/mol. The van der Waals surface area contributed by atoms with E-state index >= 15 is 0 Å². The molecule has 0 bridgehead atoms. The average molecular weight is 447 g/mol. The van der Waals surface area contributed by atoms with Crippen LogP contribution in [-0.4, -0.2) is 19.4 Å². The summed E-state index contributed by atoms with van der Waals surface area (Å²) in [6, 6.07) is 24.2. The number of rotatable bonds is 0. The van der Waals surface area contributed by atoms with Crippen molar-refractivity contribution in [1.82, 2.24) is 19.4 Å². The minimum atomic E-state index is 0.911. The molecule has 0 spiro atoms. The normalized spacial score (nSPS) is 13.5. The molecule has 7 aromatic rings. The summed E-state index contributed by atoms with van der Waals surface area (Å²) in [5, 5.41) is 3.30. The Kier molecular flexibility index (Phi) is 3.11. The first-order valence-electron chi connectivity index (χ1n) is 12.0. The zero-order valence-corrected chi connectivity index (χ0v) is 18.8. The maximum absolute atomic E-state index is 5.28. The molecular formula is C31H18N4. The molecule has 2 aliphatic rings. The molecular weight excluding hydrogens is 428 g/mol. The molecule has 3 aromatic carbocycles. The lowest BCUT2D eigenvalue weighted by Gasteiger charge is -2.08. The highest BCUT2D eigenvalue weighted by atomic mass is 15.1. The monoisotopic (exact) mass is 446 g/mol. The number of nitrogens with zero attached hydrogens (tertiary/aromatic N) is 4. The molecule has 4 aromatic heterocycles. The summed E-state index contributed by atoms with van der Waals surface area (Å²) in [6.07, 6.45) is 7.58. The van der Waals surface area contributed by atoms with E-state index in [-0.39, 0.29) is 0 Å². The fourth-order valence-electron chi connectivity index (χ4n) is 6.53. The maximum Gasteiger partial charge on any atom is 0.147 e. The summed E-state index contributed by atoms with van der Waals surface area (Å²) in [6.45, 7) is 0. The van der Waals surface area contributed by atoms with Gasteiger partial charge in [0.15, 0.2) is 0 Å². The highest BCUT2D eigenvalue weighted by Crippen LogP contribution is 2.49. The van der Waals surface area contributed by atoms with Gasteiger partial charge in [-0.3, -0.25) is 9.38 Å². The van der Waals surface area contributed by atoms with Gasteiger partial charge in [-0.05, 0) is 75.2 Å². The minimum absolute atomic E-state index is 0.911. The molecule has 2 aliphatic carbocycles. The SMILES string of the molecule is c1ccc2c(c1)Cc1ccc3c(c1-2)Cc1c-3ccc2c1nc1c3ccncc3c3cccnc3n21. The molecule has 0 radical (unpaired) electrons. The fourth-order valence-corrected chi connectivity index (χ4v) is 6.53. The Morgan fingerprint density at radius 3 is 2.51 bits per heavy atom. The van der Waals surface area contributed by atoms with E-state index < -0.39 is 0 Å². The van der Waals surface area contributed by atoms with Gasteiger partial charge in [-0.25, -0.2) is 9.97 Å². The summed E-state index contributed by atoms with van der Waals surface area (Å²) in [5.74, 6) is 0. The van der Waals surface area contributed by atoms with Gasteiger partial charge in [0.2, 0.25) is 0 Å². The molecule has 0 fully saturated rings. The van der Waals surface area contributed by atoms with E-state index in [2.05, 4.69) is 70.0 Å². The van der Waals surface area contributed by atoms with E-state index in [4.69, 9.17) is 9.97 Å². The minimum Gasteiger partial charge on any atom is -0.276 e. The van der Waals surface area contributed by atoms with Crippen molar-refractivity contribution >= 4 is 38.5 Å². The van der Waals surface area contributed by atoms with E-state index in [1.54, 1.807) is 0 Å². The number of benzene rings is 3. The van der Waals surface area contributed by atoms with Gasteiger partial charge in [-0.1, -0.05) is 42.5 Å². The van der Waals surface area contributed by atoms with Crippen molar-refractivity contribution in [2.75, 3.05) is 0 Å². The smallest absolute Gasteiger partial charge is 0.147 e. The molecule has 162 valence electrons. The molecule has 0 saturated carbocycles. The van der Waals surface area contributed by atoms with Gasteiger partial charge >= 0.3 is 0 Å². The average Bonchev–Trinajstić information content (AvgIpc) is 3.59. The van der Waals surface area contributed by atoms with Gasteiger partial charge in [0.25, 0.3) is 0 Å². The van der Waals surface area contributed by atoms with Crippen LogP contribution in [0.5, 0.6) is 0 Å². The molecule has 4 heteroatoms. The van der Waals surface area contributed by atoms with Crippen LogP contribution in [0.25, 0.3) is 60.7 Å². The topological polar surface area (TPSA) is 43.1 Å². The quantitative estimate of drug-likeness (QED) is 0.243. The molecule has 35 heavy (non-hydrogen) atoms. The van der Waals surface area contributed by atoms with E-state index in [1.165, 1.54) is 44.5 Å². The van der Waals surface area contributed by atoms with Crippen molar-refractivity contribution < 1.29 is 0 Å². The summed E-state index contributed by atoms with van der Waals surface area (Å²) < 4.78 is 2.23. The first-order chi connectivity index (χ1) is 17.4. The van der Waals surface area contributed by atoms with Crippen molar-refractivity contribution in [2.24, 2.45) is 0 Å². The Balaban J connectivity index is 1.39. The fraction of sp³-hybridized carbons (Fsp3) is 0.0645. The van der Waals surface area contributed by atoms with Crippen molar-refractivity contribution in [3.05, 3.63) is 108 Å². The van der Waals surface area contributed by atoms with Crippen molar-refractivity contribution in [3.63, 3.8) is 0 Å². The molecule has 4 heterocycles. The molecule has 4 nitrogen and oxygen atoms in total. The van der Waals surface area contributed by atoms with Crippen LogP contribution in [0.15, 0.2) is 85.3 Å².